The van der Waals surface area contributed by atoms with Crippen molar-refractivity contribution in [3.63, 3.8) is 0 Å². The molecule has 1 aliphatic carbocycles. The van der Waals surface area contributed by atoms with E-state index in [1.54, 1.807) is 29.6 Å². The van der Waals surface area contributed by atoms with Gasteiger partial charge in [0.1, 0.15) is 5.82 Å². The van der Waals surface area contributed by atoms with Crippen LogP contribution >= 0.6 is 11.3 Å². The number of aryl methyl sites for hydroxylation is 1. The number of Topliss-reactive ketones (excluding diaryl/α,β-unsaturated/α-hetero) is 1. The number of rotatable bonds is 5. The molecule has 5 rings (SSSR count). The van der Waals surface area contributed by atoms with E-state index in [0.29, 0.717) is 11.6 Å². The molecule has 1 unspecified atom stereocenters. The highest BCUT2D eigenvalue weighted by Crippen LogP contribution is 2.39. The first-order valence-electron chi connectivity index (χ1n) is 10.5. The van der Waals surface area contributed by atoms with E-state index in [1.165, 1.54) is 35.7 Å². The Hall–Kier alpha value is -2.78. The first-order chi connectivity index (χ1) is 15.4. The number of carbonyl (C=O) groups excluding carboxylic acids is 1. The van der Waals surface area contributed by atoms with Gasteiger partial charge in [-0.3, -0.25) is 9.52 Å². The van der Waals surface area contributed by atoms with Crippen molar-refractivity contribution in [2.75, 3.05) is 16.2 Å². The fourth-order valence-electron chi connectivity index (χ4n) is 4.73. The second-order valence-corrected chi connectivity index (χ2v) is 10.7. The molecule has 32 heavy (non-hydrogen) atoms. The molecule has 2 aliphatic rings. The quantitative estimate of drug-likeness (QED) is 0.599. The summed E-state index contributed by atoms with van der Waals surface area (Å²) in [5.74, 6) is -0.381. The smallest absolute Gasteiger partial charge is 0.263 e. The number of nitrogens with one attached hydrogen (secondary N) is 1. The van der Waals surface area contributed by atoms with E-state index < -0.39 is 10.0 Å². The van der Waals surface area contributed by atoms with Crippen molar-refractivity contribution in [3.8, 4) is 0 Å². The number of hydrogen-bond donors (Lipinski definition) is 1. The predicted molar refractivity (Wildman–Crippen MR) is 122 cm³/mol. The number of hydrogen-bond acceptors (Lipinski definition) is 6. The SMILES string of the molecule is O=C1C(c2ccc(S(=O)(=O)Nc3nccs3)cc2)CC[C@H]1N1CCCc2cc(F)ccc21. The van der Waals surface area contributed by atoms with Crippen LogP contribution in [0.25, 0.3) is 0 Å². The summed E-state index contributed by atoms with van der Waals surface area (Å²) in [6, 6.07) is 11.1. The molecule has 6 nitrogen and oxygen atoms in total. The van der Waals surface area contributed by atoms with E-state index in [0.717, 1.165) is 42.6 Å². The normalized spacial score (nSPS) is 20.9. The average Bonchev–Trinajstić information content (AvgIpc) is 3.42. The minimum atomic E-state index is -3.73. The molecule has 1 aromatic heterocycles. The third-order valence-corrected chi connectivity index (χ3v) is 8.39. The van der Waals surface area contributed by atoms with Crippen LogP contribution in [0, 0.1) is 5.82 Å². The van der Waals surface area contributed by atoms with Gasteiger partial charge in [0.15, 0.2) is 10.9 Å². The van der Waals surface area contributed by atoms with Crippen LogP contribution in [-0.4, -0.2) is 31.8 Å². The maximum Gasteiger partial charge on any atom is 0.263 e. The highest BCUT2D eigenvalue weighted by Gasteiger charge is 2.40. The van der Waals surface area contributed by atoms with Crippen LogP contribution < -0.4 is 9.62 Å². The molecule has 1 aliphatic heterocycles. The van der Waals surface area contributed by atoms with E-state index in [9.17, 15) is 17.6 Å². The van der Waals surface area contributed by atoms with Crippen LogP contribution in [0.1, 0.15) is 36.3 Å². The van der Waals surface area contributed by atoms with Crippen LogP contribution in [0.5, 0.6) is 0 Å². The number of aromatic nitrogens is 1. The molecule has 1 fully saturated rings. The lowest BCUT2D eigenvalue weighted by Gasteiger charge is -2.35. The maximum absolute atomic E-state index is 13.6. The molecule has 0 bridgehead atoms. The number of fused-ring (bicyclic) bond motifs is 1. The van der Waals surface area contributed by atoms with Crippen molar-refractivity contribution in [1.29, 1.82) is 0 Å². The fraction of sp³-hybridized carbons (Fsp3) is 0.304. The van der Waals surface area contributed by atoms with Crippen molar-refractivity contribution in [1.82, 2.24) is 4.98 Å². The number of thiazole rings is 1. The van der Waals surface area contributed by atoms with Crippen LogP contribution in [0.2, 0.25) is 0 Å². The Morgan fingerprint density at radius 1 is 1.12 bits per heavy atom. The Morgan fingerprint density at radius 2 is 1.94 bits per heavy atom. The lowest BCUT2D eigenvalue weighted by atomic mass is 9.95. The van der Waals surface area contributed by atoms with Gasteiger partial charge in [0.25, 0.3) is 10.0 Å². The van der Waals surface area contributed by atoms with Crippen molar-refractivity contribution in [2.45, 2.75) is 42.5 Å². The highest BCUT2D eigenvalue weighted by molar-refractivity contribution is 7.93. The number of anilines is 2. The molecule has 166 valence electrons. The van der Waals surface area contributed by atoms with Gasteiger partial charge in [0, 0.05) is 29.7 Å². The third kappa shape index (κ3) is 3.91. The standard InChI is InChI=1S/C23H22FN3O3S2/c24-17-5-9-20-16(14-17)2-1-12-27(20)21-10-8-19(22(21)28)15-3-6-18(7-4-15)32(29,30)26-23-25-11-13-31-23/h3-7,9,11,13-14,19,21H,1-2,8,10,12H2,(H,25,26)/t19?,21-/m1/s1. The molecule has 0 amide bonds. The van der Waals surface area contributed by atoms with Gasteiger partial charge in [-0.25, -0.2) is 17.8 Å². The summed E-state index contributed by atoms with van der Waals surface area (Å²) in [4.78, 5) is 19.5. The van der Waals surface area contributed by atoms with Gasteiger partial charge in [0.2, 0.25) is 0 Å². The summed E-state index contributed by atoms with van der Waals surface area (Å²) in [5.41, 5.74) is 2.73. The highest BCUT2D eigenvalue weighted by atomic mass is 32.2. The zero-order valence-electron chi connectivity index (χ0n) is 17.2. The summed E-state index contributed by atoms with van der Waals surface area (Å²) in [6.07, 6.45) is 4.68. The van der Waals surface area contributed by atoms with Gasteiger partial charge in [-0.05, 0) is 67.1 Å². The van der Waals surface area contributed by atoms with E-state index in [4.69, 9.17) is 0 Å². The summed E-state index contributed by atoms with van der Waals surface area (Å²) in [6.45, 7) is 0.779. The van der Waals surface area contributed by atoms with Crippen molar-refractivity contribution in [2.24, 2.45) is 0 Å². The zero-order valence-corrected chi connectivity index (χ0v) is 18.8. The van der Waals surface area contributed by atoms with Crippen molar-refractivity contribution < 1.29 is 17.6 Å². The predicted octanol–water partition coefficient (Wildman–Crippen LogP) is 4.35. The molecule has 0 spiro atoms. The Morgan fingerprint density at radius 3 is 2.69 bits per heavy atom. The van der Waals surface area contributed by atoms with E-state index in [-0.39, 0.29) is 28.5 Å². The molecule has 0 saturated heterocycles. The first-order valence-corrected chi connectivity index (χ1v) is 12.9. The van der Waals surface area contributed by atoms with Gasteiger partial charge in [-0.2, -0.15) is 0 Å². The van der Waals surface area contributed by atoms with E-state index >= 15 is 0 Å². The second kappa shape index (κ2) is 8.29. The molecule has 1 N–H and O–H groups in total. The Balaban J connectivity index is 1.34. The van der Waals surface area contributed by atoms with Gasteiger partial charge in [-0.15, -0.1) is 11.3 Å². The number of ketones is 1. The van der Waals surface area contributed by atoms with Gasteiger partial charge in [0.05, 0.1) is 10.9 Å². The zero-order chi connectivity index (χ0) is 22.3. The number of carbonyl (C=O) groups is 1. The minimum absolute atomic E-state index is 0.130. The van der Waals surface area contributed by atoms with Crippen molar-refractivity contribution in [3.05, 3.63) is 71.0 Å². The van der Waals surface area contributed by atoms with E-state index in [2.05, 4.69) is 14.6 Å². The molecule has 2 heterocycles. The average molecular weight is 472 g/mol. The Labute approximate surface area is 190 Å². The molecular weight excluding hydrogens is 449 g/mol. The Bertz CT molecular complexity index is 1240. The summed E-state index contributed by atoms with van der Waals surface area (Å²) >= 11 is 1.21. The lowest BCUT2D eigenvalue weighted by Crippen LogP contribution is -2.42. The van der Waals surface area contributed by atoms with Gasteiger partial charge >= 0.3 is 0 Å². The number of benzene rings is 2. The van der Waals surface area contributed by atoms with Crippen LogP contribution in [0.15, 0.2) is 58.9 Å². The number of sulfonamides is 1. The number of nitrogens with zero attached hydrogens (tertiary/aromatic N) is 2. The van der Waals surface area contributed by atoms with Gasteiger partial charge < -0.3 is 4.90 Å². The van der Waals surface area contributed by atoms with E-state index in [1.807, 2.05) is 0 Å². The third-order valence-electron chi connectivity index (χ3n) is 6.22. The first kappa shape index (κ1) is 21.1. The van der Waals surface area contributed by atoms with Crippen LogP contribution in [0.4, 0.5) is 15.2 Å². The largest absolute Gasteiger partial charge is 0.361 e. The summed E-state index contributed by atoms with van der Waals surface area (Å²) in [5, 5.41) is 2.00. The summed E-state index contributed by atoms with van der Waals surface area (Å²) < 4.78 is 41.2. The molecule has 2 atom stereocenters. The number of halogens is 1. The molecule has 9 heteroatoms. The Kier molecular flexibility index (Phi) is 5.46. The molecule has 3 aromatic rings. The summed E-state index contributed by atoms with van der Waals surface area (Å²) in [7, 11) is -3.73. The van der Waals surface area contributed by atoms with Crippen molar-refractivity contribution >= 4 is 38.0 Å². The molecule has 1 saturated carbocycles. The van der Waals surface area contributed by atoms with Gasteiger partial charge in [-0.1, -0.05) is 12.1 Å². The maximum atomic E-state index is 13.6. The fourth-order valence-corrected chi connectivity index (χ4v) is 6.52. The molecule has 0 radical (unpaired) electrons. The molecular formula is C23H22FN3O3S2. The second-order valence-electron chi connectivity index (χ2n) is 8.13. The molecule has 2 aromatic carbocycles. The minimum Gasteiger partial charge on any atom is -0.361 e. The monoisotopic (exact) mass is 471 g/mol. The van der Waals surface area contributed by atoms with Crippen LogP contribution in [0.3, 0.4) is 0 Å². The topological polar surface area (TPSA) is 79.4 Å². The lowest BCUT2D eigenvalue weighted by molar-refractivity contribution is -0.119. The van der Waals surface area contributed by atoms with Crippen LogP contribution in [-0.2, 0) is 21.2 Å².